The predicted molar refractivity (Wildman–Crippen MR) is 175 cm³/mol. The number of carbonyl (C=O) groups is 2. The van der Waals surface area contributed by atoms with Crippen LogP contribution in [-0.4, -0.2) is 67.8 Å². The molecule has 0 aromatic heterocycles. The van der Waals surface area contributed by atoms with Crippen molar-refractivity contribution in [1.82, 2.24) is 0 Å². The molecule has 0 amide bonds. The highest BCUT2D eigenvalue weighted by Crippen LogP contribution is 2.42. The molecule has 0 radical (unpaired) electrons. The lowest BCUT2D eigenvalue weighted by Crippen LogP contribution is -2.46. The zero-order valence-corrected chi connectivity index (χ0v) is 29.9. The van der Waals surface area contributed by atoms with Crippen LogP contribution in [0.2, 0.25) is 18.1 Å². The third-order valence-electron chi connectivity index (χ3n) is 10.1. The van der Waals surface area contributed by atoms with Gasteiger partial charge in [-0.1, -0.05) is 72.8 Å². The van der Waals surface area contributed by atoms with Gasteiger partial charge in [0.2, 0.25) is 0 Å². The Morgan fingerprint density at radius 3 is 2.52 bits per heavy atom. The highest BCUT2D eigenvalue weighted by molar-refractivity contribution is 6.74. The summed E-state index contributed by atoms with van der Waals surface area (Å²) in [5.41, 5.74) is -0.0100. The summed E-state index contributed by atoms with van der Waals surface area (Å²) in [5, 5.41) is 10.6. The lowest BCUT2D eigenvalue weighted by Gasteiger charge is -2.40. The number of hydrogen-bond acceptors (Lipinski definition) is 8. The van der Waals surface area contributed by atoms with E-state index in [0.717, 1.165) is 18.4 Å². The number of fused-ring (bicyclic) bond motifs is 1. The molecule has 0 saturated carbocycles. The van der Waals surface area contributed by atoms with E-state index < -0.39 is 44.4 Å². The van der Waals surface area contributed by atoms with Crippen LogP contribution in [0.3, 0.4) is 0 Å². The van der Waals surface area contributed by atoms with E-state index in [0.29, 0.717) is 18.3 Å². The van der Waals surface area contributed by atoms with Crippen LogP contribution in [0.4, 0.5) is 4.79 Å². The Hall–Kier alpha value is -1.94. The minimum Gasteiger partial charge on any atom is -0.457 e. The fraction of sp³-hybridized carbons (Fsp3) is 0.771. The highest BCUT2D eigenvalue weighted by atomic mass is 28.4. The van der Waals surface area contributed by atoms with Crippen LogP contribution in [-0.2, 0) is 28.2 Å². The van der Waals surface area contributed by atoms with Crippen molar-refractivity contribution < 1.29 is 38.1 Å². The molecule has 250 valence electrons. The van der Waals surface area contributed by atoms with Gasteiger partial charge in [0.15, 0.2) is 20.0 Å². The molecule has 2 fully saturated rings. The van der Waals surface area contributed by atoms with Crippen LogP contribution < -0.4 is 0 Å². The van der Waals surface area contributed by atoms with Crippen molar-refractivity contribution in [3.63, 3.8) is 0 Å². The molecule has 0 bridgehead atoms. The summed E-state index contributed by atoms with van der Waals surface area (Å²) in [4.78, 5) is 24.6. The molecule has 0 aliphatic carbocycles. The summed E-state index contributed by atoms with van der Waals surface area (Å²) in [5.74, 6) is 0.00854. The van der Waals surface area contributed by atoms with Gasteiger partial charge in [-0.15, -0.1) is 0 Å². The maximum atomic E-state index is 12.7. The van der Waals surface area contributed by atoms with E-state index in [2.05, 4.69) is 60.7 Å². The largest absolute Gasteiger partial charge is 0.509 e. The fourth-order valence-electron chi connectivity index (χ4n) is 5.94. The standard InChI is InChI=1S/C35H58O8Si/c1-12-27(43-44(10,11)34(6,7)8)25(5)32-28(39-32)20-22(2)14-13-15-23(3)31-24(4)16-17-29-35(9,42-33(38)40-29)19-18-26(36)21-30(37)41-31/h13-17,22,24-29,31-32,36H,12,18-21H2,1-11H3. The summed E-state index contributed by atoms with van der Waals surface area (Å²) in [7, 11) is -1.85. The number of hydrogen-bond donors (Lipinski definition) is 1. The number of ether oxygens (including phenoxy) is 4. The molecule has 0 aromatic carbocycles. The number of aliphatic hydroxyl groups excluding tert-OH is 1. The van der Waals surface area contributed by atoms with Gasteiger partial charge in [-0.2, -0.15) is 0 Å². The van der Waals surface area contributed by atoms with Gasteiger partial charge in [0, 0.05) is 17.9 Å². The van der Waals surface area contributed by atoms with Crippen LogP contribution in [0.5, 0.6) is 0 Å². The summed E-state index contributed by atoms with van der Waals surface area (Å²) in [6, 6.07) is 0. The van der Waals surface area contributed by atoms with Crippen molar-refractivity contribution in [2.45, 2.75) is 155 Å². The summed E-state index contributed by atoms with van der Waals surface area (Å²) in [6.45, 7) is 23.8. The fourth-order valence-corrected chi connectivity index (χ4v) is 7.43. The number of esters is 1. The molecule has 44 heavy (non-hydrogen) atoms. The van der Waals surface area contributed by atoms with Gasteiger partial charge in [0.1, 0.15) is 6.10 Å². The molecule has 3 rings (SSSR count). The zero-order chi connectivity index (χ0) is 33.0. The normalized spacial score (nSPS) is 34.2. The van der Waals surface area contributed by atoms with E-state index in [1.165, 1.54) is 0 Å². The minimum absolute atomic E-state index is 0.122. The number of cyclic esters (lactones) is 1. The van der Waals surface area contributed by atoms with Gasteiger partial charge in [-0.3, -0.25) is 4.79 Å². The van der Waals surface area contributed by atoms with E-state index >= 15 is 0 Å². The third-order valence-corrected chi connectivity index (χ3v) is 14.6. The summed E-state index contributed by atoms with van der Waals surface area (Å²) in [6.07, 6.45) is 10.3. The Bertz CT molecular complexity index is 1090. The molecule has 3 aliphatic heterocycles. The zero-order valence-electron chi connectivity index (χ0n) is 28.9. The van der Waals surface area contributed by atoms with E-state index in [1.807, 2.05) is 38.2 Å². The smallest absolute Gasteiger partial charge is 0.457 e. The van der Waals surface area contributed by atoms with Crippen molar-refractivity contribution in [2.75, 3.05) is 0 Å². The molecule has 2 saturated heterocycles. The van der Waals surface area contributed by atoms with Crippen molar-refractivity contribution in [3.8, 4) is 0 Å². The molecule has 3 heterocycles. The number of carbonyl (C=O) groups excluding carboxylic acids is 2. The maximum Gasteiger partial charge on any atom is 0.509 e. The summed E-state index contributed by atoms with van der Waals surface area (Å²) < 4.78 is 29.6. The van der Waals surface area contributed by atoms with Crippen LogP contribution in [0.1, 0.15) is 94.4 Å². The second-order valence-corrected chi connectivity index (χ2v) is 19.8. The van der Waals surface area contributed by atoms with Gasteiger partial charge in [-0.05, 0) is 75.2 Å². The molecule has 10 atom stereocenters. The second kappa shape index (κ2) is 14.7. The first-order chi connectivity index (χ1) is 20.4. The molecular formula is C35H58O8Si. The van der Waals surface area contributed by atoms with Gasteiger partial charge in [-0.25, -0.2) is 4.79 Å². The average Bonchev–Trinajstić information content (AvgIpc) is 3.61. The third kappa shape index (κ3) is 9.53. The van der Waals surface area contributed by atoms with Crippen molar-refractivity contribution in [1.29, 1.82) is 0 Å². The molecule has 9 heteroatoms. The molecule has 0 aromatic rings. The first-order valence-electron chi connectivity index (χ1n) is 16.5. The second-order valence-electron chi connectivity index (χ2n) is 15.1. The Morgan fingerprint density at radius 2 is 1.89 bits per heavy atom. The van der Waals surface area contributed by atoms with Crippen LogP contribution in [0, 0.1) is 17.8 Å². The Kier molecular flexibility index (Phi) is 12.2. The molecule has 1 N–H and O–H groups in total. The number of allylic oxidation sites excluding steroid dienone is 3. The van der Waals surface area contributed by atoms with E-state index in [1.54, 1.807) is 6.92 Å². The van der Waals surface area contributed by atoms with Gasteiger partial charge in [0.25, 0.3) is 0 Å². The lowest BCUT2D eigenvalue weighted by atomic mass is 9.89. The predicted octanol–water partition coefficient (Wildman–Crippen LogP) is 7.66. The molecule has 8 nitrogen and oxygen atoms in total. The van der Waals surface area contributed by atoms with E-state index in [9.17, 15) is 14.7 Å². The molecular weight excluding hydrogens is 576 g/mol. The lowest BCUT2D eigenvalue weighted by molar-refractivity contribution is -0.151. The van der Waals surface area contributed by atoms with Crippen molar-refractivity contribution in [3.05, 3.63) is 36.0 Å². The van der Waals surface area contributed by atoms with Crippen molar-refractivity contribution in [2.24, 2.45) is 17.8 Å². The minimum atomic E-state index is -1.85. The average molecular weight is 635 g/mol. The Balaban J connectivity index is 1.62. The number of aliphatic hydroxyl groups is 1. The van der Waals surface area contributed by atoms with E-state index in [4.69, 9.17) is 23.4 Å². The monoisotopic (exact) mass is 634 g/mol. The van der Waals surface area contributed by atoms with Crippen LogP contribution >= 0.6 is 0 Å². The highest BCUT2D eigenvalue weighted by Gasteiger charge is 2.48. The molecule has 10 unspecified atom stereocenters. The SMILES string of the molecule is CCC(O[Si](C)(C)C(C)(C)C)C(C)C1OC1CC(C)C=CC=C(C)C1OC(=O)CC(O)CCC2(C)OC(=O)OC2C=CC1C. The summed E-state index contributed by atoms with van der Waals surface area (Å²) >= 11 is 0. The Labute approximate surface area is 266 Å². The van der Waals surface area contributed by atoms with Crippen molar-refractivity contribution >= 4 is 20.4 Å². The van der Waals surface area contributed by atoms with Gasteiger partial charge < -0.3 is 28.5 Å². The van der Waals surface area contributed by atoms with Gasteiger partial charge in [0.05, 0.1) is 24.7 Å². The quantitative estimate of drug-likeness (QED) is 0.0859. The first kappa shape index (κ1) is 36.5. The first-order valence-corrected chi connectivity index (χ1v) is 19.4. The number of epoxide rings is 1. The number of rotatable bonds is 10. The van der Waals surface area contributed by atoms with Crippen LogP contribution in [0.25, 0.3) is 0 Å². The Morgan fingerprint density at radius 1 is 1.20 bits per heavy atom. The van der Waals surface area contributed by atoms with E-state index in [-0.39, 0.29) is 42.1 Å². The molecule has 0 spiro atoms. The maximum absolute atomic E-state index is 12.7. The van der Waals surface area contributed by atoms with Gasteiger partial charge >= 0.3 is 12.1 Å². The van der Waals surface area contributed by atoms with Crippen LogP contribution in [0.15, 0.2) is 36.0 Å². The topological polar surface area (TPSA) is 104 Å². The molecule has 3 aliphatic rings.